The van der Waals surface area contributed by atoms with Gasteiger partial charge in [-0.3, -0.25) is 0 Å². The van der Waals surface area contributed by atoms with Gasteiger partial charge in [0.15, 0.2) is 0 Å². The zero-order valence-electron chi connectivity index (χ0n) is 9.71. The molecule has 0 fully saturated rings. The number of methoxy groups -OCH3 is 1. The van der Waals surface area contributed by atoms with Crippen LogP contribution in [0.4, 0.5) is 5.69 Å². The van der Waals surface area contributed by atoms with Crippen molar-refractivity contribution in [3.05, 3.63) is 23.8 Å². The van der Waals surface area contributed by atoms with Crippen molar-refractivity contribution < 1.29 is 23.1 Å². The molecule has 0 saturated heterocycles. The number of aromatic carboxylic acids is 1. The van der Waals surface area contributed by atoms with E-state index < -0.39 is 16.0 Å². The fourth-order valence-electron chi connectivity index (χ4n) is 1.32. The first-order valence-corrected chi connectivity index (χ1v) is 6.54. The molecule has 0 saturated carbocycles. The van der Waals surface area contributed by atoms with Gasteiger partial charge in [0, 0.05) is 19.3 Å². The number of carbonyl (C=O) groups is 1. The van der Waals surface area contributed by atoms with Crippen LogP contribution in [0, 0.1) is 0 Å². The Kier molecular flexibility index (Phi) is 4.65. The van der Waals surface area contributed by atoms with Crippen molar-refractivity contribution >= 4 is 21.7 Å². The summed E-state index contributed by atoms with van der Waals surface area (Å²) < 4.78 is 27.1. The summed E-state index contributed by atoms with van der Waals surface area (Å²) in [4.78, 5) is 10.8. The van der Waals surface area contributed by atoms with E-state index in [-0.39, 0.29) is 10.5 Å². The molecule has 18 heavy (non-hydrogen) atoms. The lowest BCUT2D eigenvalue weighted by molar-refractivity contribution is 0.0697. The normalized spacial score (nSPS) is 11.2. The molecule has 7 nitrogen and oxygen atoms in total. The maximum atomic E-state index is 11.1. The van der Waals surface area contributed by atoms with Crippen LogP contribution in [-0.4, -0.2) is 39.8 Å². The highest BCUT2D eigenvalue weighted by Gasteiger charge is 2.15. The van der Waals surface area contributed by atoms with E-state index in [2.05, 4.69) is 5.32 Å². The first-order chi connectivity index (χ1) is 8.36. The van der Waals surface area contributed by atoms with Crippen LogP contribution >= 0.6 is 0 Å². The van der Waals surface area contributed by atoms with Crippen molar-refractivity contribution in [2.75, 3.05) is 25.6 Å². The van der Waals surface area contributed by atoms with Crippen molar-refractivity contribution in [2.24, 2.45) is 5.14 Å². The van der Waals surface area contributed by atoms with Gasteiger partial charge in [-0.05, 0) is 18.2 Å². The lowest BCUT2D eigenvalue weighted by atomic mass is 10.2. The molecule has 0 spiro atoms. The molecular weight excluding hydrogens is 260 g/mol. The Balaban J connectivity index is 3.09. The molecule has 1 rings (SSSR count). The highest BCUT2D eigenvalue weighted by Crippen LogP contribution is 2.19. The number of hydrogen-bond donors (Lipinski definition) is 3. The molecular formula is C10H14N2O5S. The highest BCUT2D eigenvalue weighted by atomic mass is 32.2. The third-order valence-electron chi connectivity index (χ3n) is 2.17. The number of anilines is 1. The van der Waals surface area contributed by atoms with Crippen LogP contribution in [0.5, 0.6) is 0 Å². The average Bonchev–Trinajstić information content (AvgIpc) is 2.28. The SMILES string of the molecule is COCCNc1ccc(S(N)(=O)=O)cc1C(=O)O. The van der Waals surface area contributed by atoms with E-state index in [1.54, 1.807) is 0 Å². The largest absolute Gasteiger partial charge is 0.478 e. The molecule has 4 N–H and O–H groups in total. The molecule has 0 aromatic heterocycles. The van der Waals surface area contributed by atoms with Gasteiger partial charge >= 0.3 is 5.97 Å². The van der Waals surface area contributed by atoms with Crippen LogP contribution in [-0.2, 0) is 14.8 Å². The quantitative estimate of drug-likeness (QED) is 0.632. The Morgan fingerprint density at radius 1 is 1.50 bits per heavy atom. The van der Waals surface area contributed by atoms with Gasteiger partial charge in [0.05, 0.1) is 17.1 Å². The van der Waals surface area contributed by atoms with Gasteiger partial charge in [-0.15, -0.1) is 0 Å². The van der Waals surface area contributed by atoms with Gasteiger partial charge in [-0.25, -0.2) is 18.4 Å². The fourth-order valence-corrected chi connectivity index (χ4v) is 1.86. The Morgan fingerprint density at radius 2 is 2.17 bits per heavy atom. The zero-order chi connectivity index (χ0) is 13.8. The number of carboxylic acid groups (broad SMARTS) is 1. The number of carboxylic acids is 1. The molecule has 0 aliphatic heterocycles. The lowest BCUT2D eigenvalue weighted by Crippen LogP contribution is -2.15. The summed E-state index contributed by atoms with van der Waals surface area (Å²) in [6.45, 7) is 0.807. The summed E-state index contributed by atoms with van der Waals surface area (Å²) in [5.41, 5.74) is 0.157. The molecule has 0 atom stereocenters. The molecule has 8 heteroatoms. The summed E-state index contributed by atoms with van der Waals surface area (Å²) in [5.74, 6) is -1.24. The van der Waals surface area contributed by atoms with E-state index in [0.717, 1.165) is 6.07 Å². The zero-order valence-corrected chi connectivity index (χ0v) is 10.5. The molecule has 0 heterocycles. The standard InChI is InChI=1S/C10H14N2O5S/c1-17-5-4-12-9-3-2-7(18(11,15)16)6-8(9)10(13)14/h2-3,6,12H,4-5H2,1H3,(H,13,14)(H2,11,15,16). The van der Waals surface area contributed by atoms with E-state index >= 15 is 0 Å². The highest BCUT2D eigenvalue weighted by molar-refractivity contribution is 7.89. The van der Waals surface area contributed by atoms with Crippen molar-refractivity contribution in [1.29, 1.82) is 0 Å². The number of nitrogens with one attached hydrogen (secondary N) is 1. The topological polar surface area (TPSA) is 119 Å². The summed E-state index contributed by atoms with van der Waals surface area (Å²) in [6, 6.07) is 3.63. The molecule has 100 valence electrons. The Hall–Kier alpha value is -1.64. The monoisotopic (exact) mass is 274 g/mol. The van der Waals surface area contributed by atoms with Crippen LogP contribution in [0.1, 0.15) is 10.4 Å². The van der Waals surface area contributed by atoms with Crippen molar-refractivity contribution in [1.82, 2.24) is 0 Å². The minimum Gasteiger partial charge on any atom is -0.478 e. The van der Waals surface area contributed by atoms with Crippen LogP contribution in [0.25, 0.3) is 0 Å². The number of rotatable bonds is 6. The third-order valence-corrected chi connectivity index (χ3v) is 3.08. The number of sulfonamides is 1. The van der Waals surface area contributed by atoms with Crippen LogP contribution in [0.2, 0.25) is 0 Å². The lowest BCUT2D eigenvalue weighted by Gasteiger charge is -2.10. The summed E-state index contributed by atoms with van der Waals surface area (Å²) in [6.07, 6.45) is 0. The molecule has 0 aliphatic carbocycles. The number of primary sulfonamides is 1. The second-order valence-electron chi connectivity index (χ2n) is 3.48. The molecule has 0 aliphatic rings. The summed E-state index contributed by atoms with van der Waals surface area (Å²) in [7, 11) is -2.40. The second kappa shape index (κ2) is 5.80. The number of benzene rings is 1. The van der Waals surface area contributed by atoms with Crippen LogP contribution < -0.4 is 10.5 Å². The van der Waals surface area contributed by atoms with E-state index in [1.165, 1.54) is 19.2 Å². The van der Waals surface area contributed by atoms with Gasteiger partial charge < -0.3 is 15.2 Å². The molecule has 0 bridgehead atoms. The minimum absolute atomic E-state index is 0.155. The molecule has 0 amide bonds. The smallest absolute Gasteiger partial charge is 0.337 e. The Bertz CT molecular complexity index is 541. The molecule has 0 radical (unpaired) electrons. The molecule has 1 aromatic carbocycles. The van der Waals surface area contributed by atoms with Gasteiger partial charge in [0.2, 0.25) is 10.0 Å². The van der Waals surface area contributed by atoms with Crippen molar-refractivity contribution in [3.8, 4) is 0 Å². The Morgan fingerprint density at radius 3 is 2.67 bits per heavy atom. The molecule has 0 unspecified atom stereocenters. The van der Waals surface area contributed by atoms with Crippen LogP contribution in [0.15, 0.2) is 23.1 Å². The first-order valence-electron chi connectivity index (χ1n) is 4.99. The summed E-state index contributed by atoms with van der Waals surface area (Å²) in [5, 5.41) is 16.8. The van der Waals surface area contributed by atoms with Crippen molar-refractivity contribution in [3.63, 3.8) is 0 Å². The van der Waals surface area contributed by atoms with Gasteiger partial charge in [-0.2, -0.15) is 0 Å². The Labute approximate surface area is 105 Å². The van der Waals surface area contributed by atoms with Gasteiger partial charge in [0.25, 0.3) is 0 Å². The maximum Gasteiger partial charge on any atom is 0.337 e. The van der Waals surface area contributed by atoms with Gasteiger partial charge in [0.1, 0.15) is 0 Å². The fraction of sp³-hybridized carbons (Fsp3) is 0.300. The predicted molar refractivity (Wildman–Crippen MR) is 65.1 cm³/mol. The predicted octanol–water partition coefficient (Wildman–Crippen LogP) is 0.0905. The van der Waals surface area contributed by atoms with E-state index in [1.807, 2.05) is 0 Å². The third kappa shape index (κ3) is 3.69. The second-order valence-corrected chi connectivity index (χ2v) is 5.04. The number of ether oxygens (including phenoxy) is 1. The van der Waals surface area contributed by atoms with E-state index in [4.69, 9.17) is 15.0 Å². The van der Waals surface area contributed by atoms with E-state index in [0.29, 0.717) is 18.8 Å². The van der Waals surface area contributed by atoms with E-state index in [9.17, 15) is 13.2 Å². The molecule has 1 aromatic rings. The maximum absolute atomic E-state index is 11.1. The number of nitrogens with two attached hydrogens (primary N) is 1. The minimum atomic E-state index is -3.92. The first kappa shape index (κ1) is 14.4. The van der Waals surface area contributed by atoms with Crippen molar-refractivity contribution in [2.45, 2.75) is 4.90 Å². The average molecular weight is 274 g/mol. The van der Waals surface area contributed by atoms with Crippen LogP contribution in [0.3, 0.4) is 0 Å². The summed E-state index contributed by atoms with van der Waals surface area (Å²) >= 11 is 0. The van der Waals surface area contributed by atoms with Gasteiger partial charge in [-0.1, -0.05) is 0 Å². The number of hydrogen-bond acceptors (Lipinski definition) is 5.